The van der Waals surface area contributed by atoms with Gasteiger partial charge in [0, 0.05) is 42.6 Å². The number of hydrogen-bond donors (Lipinski definition) is 6. The maximum absolute atomic E-state index is 13.1. The summed E-state index contributed by atoms with van der Waals surface area (Å²) in [5, 5.41) is 34.4. The fourth-order valence-electron chi connectivity index (χ4n) is 4.53. The Kier molecular flexibility index (Phi) is 5.99. The van der Waals surface area contributed by atoms with Gasteiger partial charge in [-0.15, -0.1) is 0 Å². The van der Waals surface area contributed by atoms with E-state index in [2.05, 4.69) is 35.8 Å². The summed E-state index contributed by atoms with van der Waals surface area (Å²) in [6, 6.07) is 4.22. The zero-order valence-corrected chi connectivity index (χ0v) is 19.4. The normalized spacial score (nSPS) is 21.4. The number of aromatic nitrogens is 5. The molecule has 184 valence electrons. The van der Waals surface area contributed by atoms with Crippen LogP contribution < -0.4 is 21.1 Å². The van der Waals surface area contributed by atoms with Gasteiger partial charge in [0.15, 0.2) is 5.82 Å². The maximum atomic E-state index is 13.1. The van der Waals surface area contributed by atoms with E-state index in [1.54, 1.807) is 4.90 Å². The maximum Gasteiger partial charge on any atom is 0.248 e. The first-order chi connectivity index (χ1) is 16.8. The molecule has 6 N–H and O–H groups in total. The molecule has 5 rings (SSSR count). The van der Waals surface area contributed by atoms with Crippen LogP contribution >= 0.6 is 0 Å². The highest BCUT2D eigenvalue weighted by Gasteiger charge is 2.38. The molecule has 12 nitrogen and oxygen atoms in total. The Balaban J connectivity index is 1.46. The van der Waals surface area contributed by atoms with Gasteiger partial charge in [0.2, 0.25) is 17.4 Å². The largest absolute Gasteiger partial charge is 0.388 e. The molecule has 0 spiro atoms. The van der Waals surface area contributed by atoms with Crippen molar-refractivity contribution in [1.29, 1.82) is 0 Å². The lowest BCUT2D eigenvalue weighted by atomic mass is 10.1. The van der Waals surface area contributed by atoms with Gasteiger partial charge >= 0.3 is 0 Å². The predicted molar refractivity (Wildman–Crippen MR) is 129 cm³/mol. The Morgan fingerprint density at radius 1 is 1.23 bits per heavy atom. The molecule has 0 aromatic carbocycles. The van der Waals surface area contributed by atoms with Crippen LogP contribution in [0.15, 0.2) is 29.2 Å². The van der Waals surface area contributed by atoms with Crippen LogP contribution in [0.2, 0.25) is 0 Å². The van der Waals surface area contributed by atoms with Crippen molar-refractivity contribution in [3.8, 4) is 0 Å². The number of anilines is 4. The minimum atomic E-state index is -0.941. The Morgan fingerprint density at radius 2 is 2.06 bits per heavy atom. The molecule has 1 saturated heterocycles. The molecule has 2 aliphatic rings. The molecule has 35 heavy (non-hydrogen) atoms. The van der Waals surface area contributed by atoms with Gasteiger partial charge in [0.25, 0.3) is 0 Å². The molecule has 3 aromatic rings. The van der Waals surface area contributed by atoms with Crippen LogP contribution in [0, 0.1) is 0 Å². The average molecular weight is 481 g/mol. The number of aliphatic hydroxyl groups excluding tert-OH is 2. The van der Waals surface area contributed by atoms with Crippen LogP contribution in [0.5, 0.6) is 0 Å². The standard InChI is InChI=1S/C23H28N8O4/c1-11(2)13-8-17(30-29-13)26-21-19-15(32)9-16(33)20(19)27-23(28-21)31-7-3-4-14(31)22(35)25-12-5-6-18(34)24-10-12/h5-6,8,10-11,14-16,32-33H,3-4,7,9H2,1-2H3,(H,24,34)(H,25,35)(H2,26,27,28,29,30)/t14-,15+,16-/m1/s1. The Bertz CT molecular complexity index is 1280. The SMILES string of the molecule is CC(C)c1cc(Nc2nc(N3CCC[C@@H]3C(=O)Nc3ccc(=O)[nH]c3)nc3c2[C@@H](O)C[C@H]3O)n[nH]1. The molecular formula is C23H28N8O4. The molecule has 12 heteroatoms. The van der Waals surface area contributed by atoms with Crippen molar-refractivity contribution >= 4 is 29.2 Å². The Labute approximate surface area is 200 Å². The molecule has 0 saturated carbocycles. The number of H-pyrrole nitrogens is 2. The van der Waals surface area contributed by atoms with Gasteiger partial charge in [-0.3, -0.25) is 14.7 Å². The number of fused-ring (bicyclic) bond motifs is 1. The van der Waals surface area contributed by atoms with Crippen molar-refractivity contribution in [2.24, 2.45) is 0 Å². The van der Waals surface area contributed by atoms with Crippen LogP contribution in [0.25, 0.3) is 0 Å². The number of aliphatic hydroxyl groups is 2. The first-order valence-corrected chi connectivity index (χ1v) is 11.7. The third-order valence-electron chi connectivity index (χ3n) is 6.39. The van der Waals surface area contributed by atoms with E-state index in [1.807, 2.05) is 19.9 Å². The lowest BCUT2D eigenvalue weighted by molar-refractivity contribution is -0.117. The van der Waals surface area contributed by atoms with Crippen LogP contribution in [0.4, 0.5) is 23.3 Å². The first-order valence-electron chi connectivity index (χ1n) is 11.7. The highest BCUT2D eigenvalue weighted by atomic mass is 16.3. The molecule has 0 bridgehead atoms. The van der Waals surface area contributed by atoms with E-state index in [0.717, 1.165) is 12.1 Å². The number of carbonyl (C=O) groups excluding carboxylic acids is 1. The number of nitrogens with zero attached hydrogens (tertiary/aromatic N) is 4. The number of nitrogens with one attached hydrogen (secondary N) is 4. The molecule has 1 fully saturated rings. The zero-order valence-electron chi connectivity index (χ0n) is 19.4. The summed E-state index contributed by atoms with van der Waals surface area (Å²) >= 11 is 0. The third-order valence-corrected chi connectivity index (χ3v) is 6.39. The highest BCUT2D eigenvalue weighted by molar-refractivity contribution is 5.96. The van der Waals surface area contributed by atoms with Gasteiger partial charge in [-0.2, -0.15) is 10.1 Å². The minimum absolute atomic E-state index is 0.121. The van der Waals surface area contributed by atoms with Crippen molar-refractivity contribution in [3.05, 3.63) is 51.7 Å². The summed E-state index contributed by atoms with van der Waals surface area (Å²) in [4.78, 5) is 37.9. The average Bonchev–Trinajstić information content (AvgIpc) is 3.55. The van der Waals surface area contributed by atoms with Gasteiger partial charge in [-0.1, -0.05) is 13.8 Å². The molecular weight excluding hydrogens is 452 g/mol. The van der Waals surface area contributed by atoms with Crippen LogP contribution in [-0.2, 0) is 4.79 Å². The molecule has 1 aliphatic carbocycles. The lowest BCUT2D eigenvalue weighted by Crippen LogP contribution is -2.41. The van der Waals surface area contributed by atoms with E-state index >= 15 is 0 Å². The molecule has 4 heterocycles. The summed E-state index contributed by atoms with van der Waals surface area (Å²) in [5.41, 5.74) is 1.95. The number of carbonyl (C=O) groups is 1. The lowest BCUT2D eigenvalue weighted by Gasteiger charge is -2.25. The van der Waals surface area contributed by atoms with Crippen molar-refractivity contribution in [2.45, 2.75) is 57.3 Å². The third kappa shape index (κ3) is 4.49. The number of rotatable bonds is 6. The number of amides is 1. The van der Waals surface area contributed by atoms with Gasteiger partial charge in [-0.05, 0) is 24.8 Å². The van der Waals surface area contributed by atoms with Crippen LogP contribution in [-0.4, -0.2) is 53.9 Å². The van der Waals surface area contributed by atoms with E-state index in [9.17, 15) is 19.8 Å². The van der Waals surface area contributed by atoms with E-state index < -0.39 is 18.2 Å². The first kappa shape index (κ1) is 23.0. The Morgan fingerprint density at radius 3 is 2.77 bits per heavy atom. The Hall–Kier alpha value is -3.77. The minimum Gasteiger partial charge on any atom is -0.388 e. The van der Waals surface area contributed by atoms with Gasteiger partial charge in [0.1, 0.15) is 11.9 Å². The quantitative estimate of drug-likeness (QED) is 0.308. The van der Waals surface area contributed by atoms with Crippen LogP contribution in [0.1, 0.15) is 68.2 Å². The second-order valence-electron chi connectivity index (χ2n) is 9.21. The fourth-order valence-corrected chi connectivity index (χ4v) is 4.53. The van der Waals surface area contributed by atoms with Crippen molar-refractivity contribution < 1.29 is 15.0 Å². The van der Waals surface area contributed by atoms with Crippen molar-refractivity contribution in [3.63, 3.8) is 0 Å². The predicted octanol–water partition coefficient (Wildman–Crippen LogP) is 1.83. The number of hydrogen-bond acceptors (Lipinski definition) is 9. The summed E-state index contributed by atoms with van der Waals surface area (Å²) < 4.78 is 0. The topological polar surface area (TPSA) is 172 Å². The number of aromatic amines is 2. The van der Waals surface area contributed by atoms with E-state index in [0.29, 0.717) is 41.5 Å². The molecule has 0 unspecified atom stereocenters. The summed E-state index contributed by atoms with van der Waals surface area (Å²) in [6.07, 6.45) is 1.06. The van der Waals surface area contributed by atoms with Crippen molar-refractivity contribution in [1.82, 2.24) is 25.1 Å². The monoisotopic (exact) mass is 480 g/mol. The van der Waals surface area contributed by atoms with Crippen molar-refractivity contribution in [2.75, 3.05) is 22.1 Å². The summed E-state index contributed by atoms with van der Waals surface area (Å²) in [6.45, 7) is 4.65. The summed E-state index contributed by atoms with van der Waals surface area (Å²) in [5.74, 6) is 1.18. The fraction of sp³-hybridized carbons (Fsp3) is 0.435. The number of pyridine rings is 1. The van der Waals surface area contributed by atoms with Gasteiger partial charge in [0.05, 0.1) is 23.6 Å². The second kappa shape index (κ2) is 9.12. The van der Waals surface area contributed by atoms with Gasteiger partial charge in [-0.25, -0.2) is 4.98 Å². The molecule has 1 amide bonds. The highest BCUT2D eigenvalue weighted by Crippen LogP contribution is 2.43. The van der Waals surface area contributed by atoms with Gasteiger partial charge < -0.3 is 30.7 Å². The smallest absolute Gasteiger partial charge is 0.248 e. The summed E-state index contributed by atoms with van der Waals surface area (Å²) in [7, 11) is 0. The molecule has 3 atom stereocenters. The molecule has 3 aromatic heterocycles. The van der Waals surface area contributed by atoms with E-state index in [4.69, 9.17) is 0 Å². The van der Waals surface area contributed by atoms with E-state index in [-0.39, 0.29) is 29.8 Å². The molecule has 1 aliphatic heterocycles. The van der Waals surface area contributed by atoms with E-state index in [1.165, 1.54) is 18.3 Å². The molecule has 0 radical (unpaired) electrons. The zero-order chi connectivity index (χ0) is 24.7. The second-order valence-corrected chi connectivity index (χ2v) is 9.21. The van der Waals surface area contributed by atoms with Crippen LogP contribution in [0.3, 0.4) is 0 Å².